The number of nitrogens with zero attached hydrogens (tertiary/aromatic N) is 4. The summed E-state index contributed by atoms with van der Waals surface area (Å²) in [6.07, 6.45) is 1.80. The molecule has 1 unspecified atom stereocenters. The van der Waals surface area contributed by atoms with Gasteiger partial charge >= 0.3 is 0 Å². The molecular weight excluding hydrogens is 302 g/mol. The van der Waals surface area contributed by atoms with E-state index in [-0.39, 0.29) is 11.8 Å². The van der Waals surface area contributed by atoms with E-state index in [1.165, 1.54) is 0 Å². The smallest absolute Gasteiger partial charge is 0.269 e. The monoisotopic (exact) mass is 331 g/mol. The first-order valence-corrected chi connectivity index (χ1v) is 8.68. The van der Waals surface area contributed by atoms with Crippen molar-refractivity contribution >= 4 is 5.91 Å². The van der Waals surface area contributed by atoms with E-state index in [0.29, 0.717) is 30.6 Å². The maximum absolute atomic E-state index is 12.6. The Bertz CT molecular complexity index is 683. The summed E-state index contributed by atoms with van der Waals surface area (Å²) in [7, 11) is 1.94. The van der Waals surface area contributed by atoms with Gasteiger partial charge in [0.15, 0.2) is 0 Å². The van der Waals surface area contributed by atoms with Gasteiger partial charge in [-0.05, 0) is 30.9 Å². The van der Waals surface area contributed by atoms with Crippen molar-refractivity contribution < 1.29 is 4.79 Å². The minimum Gasteiger partial charge on any atom is -0.350 e. The molecule has 2 rings (SSSR count). The molecule has 0 radical (unpaired) electrons. The first kappa shape index (κ1) is 18.2. The van der Waals surface area contributed by atoms with Crippen LogP contribution in [0.4, 0.5) is 0 Å². The van der Waals surface area contributed by atoms with Gasteiger partial charge in [-0.1, -0.05) is 27.7 Å². The van der Waals surface area contributed by atoms with E-state index in [9.17, 15) is 4.79 Å². The molecule has 2 aromatic rings. The highest BCUT2D eigenvalue weighted by atomic mass is 16.2. The van der Waals surface area contributed by atoms with Crippen molar-refractivity contribution in [2.45, 2.75) is 53.0 Å². The van der Waals surface area contributed by atoms with Crippen LogP contribution in [0, 0.1) is 5.92 Å². The summed E-state index contributed by atoms with van der Waals surface area (Å²) in [5.74, 6) is 0.873. The molecule has 0 spiro atoms. The van der Waals surface area contributed by atoms with E-state index < -0.39 is 0 Å². The zero-order valence-electron chi connectivity index (χ0n) is 15.6. The molecule has 2 aromatic heterocycles. The quantitative estimate of drug-likeness (QED) is 0.848. The molecule has 2 heterocycles. The molecule has 1 amide bonds. The maximum atomic E-state index is 12.6. The van der Waals surface area contributed by atoms with Gasteiger partial charge in [-0.3, -0.25) is 14.2 Å². The Hall–Kier alpha value is -2.11. The van der Waals surface area contributed by atoms with Crippen LogP contribution in [0.15, 0.2) is 18.3 Å². The highest BCUT2D eigenvalue weighted by Gasteiger charge is 2.22. The number of amides is 1. The molecule has 1 atom stereocenters. The molecule has 24 heavy (non-hydrogen) atoms. The summed E-state index contributed by atoms with van der Waals surface area (Å²) in [4.78, 5) is 12.6. The molecule has 6 heteroatoms. The summed E-state index contributed by atoms with van der Waals surface area (Å²) >= 11 is 0. The molecule has 0 saturated carbocycles. The van der Waals surface area contributed by atoms with Crippen LogP contribution in [0.2, 0.25) is 0 Å². The Labute approximate surface area is 144 Å². The molecule has 0 aromatic carbocycles. The van der Waals surface area contributed by atoms with Gasteiger partial charge in [0.25, 0.3) is 5.91 Å². The second kappa shape index (κ2) is 7.64. The fourth-order valence-electron chi connectivity index (χ4n) is 2.87. The van der Waals surface area contributed by atoms with Gasteiger partial charge in [-0.25, -0.2) is 0 Å². The fraction of sp³-hybridized carbons (Fsp3) is 0.611. The SMILES string of the molecule is CCn1nc(C(C)C)cc1C(=O)NCC(c1ccnn1C)C(C)C. The first-order chi connectivity index (χ1) is 11.3. The number of carbonyl (C=O) groups is 1. The van der Waals surface area contributed by atoms with Crippen LogP contribution in [-0.4, -0.2) is 32.0 Å². The summed E-state index contributed by atoms with van der Waals surface area (Å²) in [6, 6.07) is 3.92. The predicted octanol–water partition coefficient (Wildman–Crippen LogP) is 2.93. The third-order valence-electron chi connectivity index (χ3n) is 4.45. The fourth-order valence-corrected chi connectivity index (χ4v) is 2.87. The molecule has 0 bridgehead atoms. The minimum atomic E-state index is -0.0657. The summed E-state index contributed by atoms with van der Waals surface area (Å²) in [5.41, 5.74) is 2.72. The number of hydrogen-bond donors (Lipinski definition) is 1. The Morgan fingerprint density at radius 1 is 1.29 bits per heavy atom. The molecule has 0 saturated heterocycles. The lowest BCUT2D eigenvalue weighted by atomic mass is 9.92. The lowest BCUT2D eigenvalue weighted by molar-refractivity contribution is 0.0938. The second-order valence-electron chi connectivity index (χ2n) is 6.87. The van der Waals surface area contributed by atoms with Crippen LogP contribution < -0.4 is 5.32 Å². The highest BCUT2D eigenvalue weighted by molar-refractivity contribution is 5.92. The van der Waals surface area contributed by atoms with Gasteiger partial charge in [0.2, 0.25) is 0 Å². The number of rotatable bonds is 7. The largest absolute Gasteiger partial charge is 0.350 e. The van der Waals surface area contributed by atoms with Gasteiger partial charge in [0, 0.05) is 37.9 Å². The van der Waals surface area contributed by atoms with Crippen molar-refractivity contribution in [3.63, 3.8) is 0 Å². The summed E-state index contributed by atoms with van der Waals surface area (Å²) < 4.78 is 3.66. The molecule has 0 aliphatic heterocycles. The lowest BCUT2D eigenvalue weighted by Gasteiger charge is -2.21. The number of hydrogen-bond acceptors (Lipinski definition) is 3. The second-order valence-corrected chi connectivity index (χ2v) is 6.87. The van der Waals surface area contributed by atoms with Crippen LogP contribution in [0.3, 0.4) is 0 Å². The molecule has 0 fully saturated rings. The number of nitrogens with one attached hydrogen (secondary N) is 1. The Kier molecular flexibility index (Phi) is 5.80. The molecule has 1 N–H and O–H groups in total. The number of aromatic nitrogens is 4. The van der Waals surface area contributed by atoms with Crippen LogP contribution in [-0.2, 0) is 13.6 Å². The lowest BCUT2D eigenvalue weighted by Crippen LogP contribution is -2.32. The van der Waals surface area contributed by atoms with Crippen LogP contribution in [0.25, 0.3) is 0 Å². The van der Waals surface area contributed by atoms with Crippen LogP contribution in [0.5, 0.6) is 0 Å². The zero-order valence-corrected chi connectivity index (χ0v) is 15.6. The topological polar surface area (TPSA) is 64.7 Å². The van der Waals surface area contributed by atoms with Gasteiger partial charge in [-0.15, -0.1) is 0 Å². The third-order valence-corrected chi connectivity index (χ3v) is 4.45. The Morgan fingerprint density at radius 3 is 2.50 bits per heavy atom. The average Bonchev–Trinajstić information content (AvgIpc) is 3.13. The third kappa shape index (κ3) is 3.86. The van der Waals surface area contributed by atoms with Crippen molar-refractivity contribution in [1.29, 1.82) is 0 Å². The van der Waals surface area contributed by atoms with Crippen molar-refractivity contribution in [1.82, 2.24) is 24.9 Å². The van der Waals surface area contributed by atoms with Gasteiger partial charge in [-0.2, -0.15) is 10.2 Å². The molecular formula is C18H29N5O. The van der Waals surface area contributed by atoms with Crippen molar-refractivity contribution in [3.8, 4) is 0 Å². The normalized spacial score (nSPS) is 12.8. The van der Waals surface area contributed by atoms with E-state index in [0.717, 1.165) is 11.4 Å². The molecule has 0 aliphatic carbocycles. The Balaban J connectivity index is 2.13. The first-order valence-electron chi connectivity index (χ1n) is 8.68. The van der Waals surface area contributed by atoms with Crippen molar-refractivity contribution in [3.05, 3.63) is 35.4 Å². The molecule has 132 valence electrons. The van der Waals surface area contributed by atoms with Gasteiger partial charge in [0.1, 0.15) is 5.69 Å². The Morgan fingerprint density at radius 2 is 2.00 bits per heavy atom. The summed E-state index contributed by atoms with van der Waals surface area (Å²) in [5, 5.41) is 11.8. The van der Waals surface area contributed by atoms with E-state index in [1.54, 1.807) is 10.9 Å². The molecule has 0 aliphatic rings. The highest BCUT2D eigenvalue weighted by Crippen LogP contribution is 2.23. The number of aryl methyl sites for hydroxylation is 2. The van der Waals surface area contributed by atoms with Crippen molar-refractivity contribution in [2.24, 2.45) is 13.0 Å². The van der Waals surface area contributed by atoms with E-state index >= 15 is 0 Å². The maximum Gasteiger partial charge on any atom is 0.269 e. The average molecular weight is 331 g/mol. The molecule has 6 nitrogen and oxygen atoms in total. The van der Waals surface area contributed by atoms with Crippen LogP contribution in [0.1, 0.15) is 68.3 Å². The van der Waals surface area contributed by atoms with Gasteiger partial charge in [0.05, 0.1) is 5.69 Å². The summed E-state index contributed by atoms with van der Waals surface area (Å²) in [6.45, 7) is 11.8. The predicted molar refractivity (Wildman–Crippen MR) is 95.1 cm³/mol. The number of carbonyl (C=O) groups excluding carboxylic acids is 1. The van der Waals surface area contributed by atoms with E-state index in [1.807, 2.05) is 30.8 Å². The van der Waals surface area contributed by atoms with Gasteiger partial charge < -0.3 is 5.32 Å². The van der Waals surface area contributed by atoms with Crippen LogP contribution >= 0.6 is 0 Å². The van der Waals surface area contributed by atoms with E-state index in [4.69, 9.17) is 0 Å². The standard InChI is InChI=1S/C18H29N5O/c1-7-23-17(10-15(21-23)13(4)5)18(24)19-11-14(12(2)3)16-8-9-20-22(16)6/h8-10,12-14H,7,11H2,1-6H3,(H,19,24). The van der Waals surface area contributed by atoms with Crippen molar-refractivity contribution in [2.75, 3.05) is 6.54 Å². The van der Waals surface area contributed by atoms with E-state index in [2.05, 4.69) is 43.2 Å². The minimum absolute atomic E-state index is 0.0657. The zero-order chi connectivity index (χ0) is 17.9.